The lowest BCUT2D eigenvalue weighted by molar-refractivity contribution is -0.122. The van der Waals surface area contributed by atoms with E-state index >= 15 is 0 Å². The Morgan fingerprint density at radius 3 is 2.39 bits per heavy atom. The molecule has 0 radical (unpaired) electrons. The largest absolute Gasteiger partial charge is 0.492 e. The van der Waals surface area contributed by atoms with E-state index in [9.17, 15) is 18.3 Å². The minimum atomic E-state index is -3.52. The Hall–Kier alpha value is -2.42. The summed E-state index contributed by atoms with van der Waals surface area (Å²) in [6.45, 7) is 4.60. The molecule has 176 valence electrons. The summed E-state index contributed by atoms with van der Waals surface area (Å²) in [6.07, 6.45) is 2.59. The zero-order valence-electron chi connectivity index (χ0n) is 18.8. The van der Waals surface area contributed by atoms with Crippen LogP contribution in [0.25, 0.3) is 0 Å². The highest BCUT2D eigenvalue weighted by Crippen LogP contribution is 2.47. The van der Waals surface area contributed by atoms with E-state index in [1.54, 1.807) is 24.3 Å². The first-order chi connectivity index (χ1) is 15.8. The van der Waals surface area contributed by atoms with Crippen molar-refractivity contribution in [3.8, 4) is 5.75 Å². The minimum absolute atomic E-state index is 0.114. The minimum Gasteiger partial charge on any atom is -0.492 e. The molecule has 0 bridgehead atoms. The van der Waals surface area contributed by atoms with Gasteiger partial charge in [-0.05, 0) is 81.6 Å². The number of carbonyl (C=O) groups excluding carboxylic acids is 1. The van der Waals surface area contributed by atoms with Crippen LogP contribution in [0.15, 0.2) is 47.4 Å². The van der Waals surface area contributed by atoms with Crippen molar-refractivity contribution in [3.63, 3.8) is 0 Å². The molecule has 33 heavy (non-hydrogen) atoms. The quantitative estimate of drug-likeness (QED) is 0.646. The molecule has 1 amide bonds. The number of fused-ring (bicyclic) bond motifs is 2. The van der Waals surface area contributed by atoms with Gasteiger partial charge < -0.3 is 15.2 Å². The number of amides is 1. The van der Waals surface area contributed by atoms with E-state index in [1.807, 2.05) is 12.1 Å². The summed E-state index contributed by atoms with van der Waals surface area (Å²) < 4.78 is 30.2. The normalized spacial score (nSPS) is 21.0. The Morgan fingerprint density at radius 1 is 1.06 bits per heavy atom. The predicted molar refractivity (Wildman–Crippen MR) is 125 cm³/mol. The number of aliphatic hydroxyl groups excluding tert-OH is 1. The molecule has 3 aliphatic rings. The number of likely N-dealkylation sites (tertiary alicyclic amines) is 1. The first-order valence-corrected chi connectivity index (χ1v) is 13.0. The van der Waals surface area contributed by atoms with Crippen molar-refractivity contribution < 1.29 is 23.1 Å². The van der Waals surface area contributed by atoms with Gasteiger partial charge >= 0.3 is 0 Å². The summed E-state index contributed by atoms with van der Waals surface area (Å²) in [4.78, 5) is 15.3. The van der Waals surface area contributed by atoms with Gasteiger partial charge in [-0.15, -0.1) is 0 Å². The van der Waals surface area contributed by atoms with E-state index < -0.39 is 20.0 Å². The fourth-order valence-electron chi connectivity index (χ4n) is 5.09. The highest BCUT2D eigenvalue weighted by Gasteiger charge is 2.54. The number of piperidine rings is 1. The molecular weight excluding hydrogens is 440 g/mol. The van der Waals surface area contributed by atoms with Gasteiger partial charge in [0.25, 0.3) is 0 Å². The predicted octanol–water partition coefficient (Wildman–Crippen LogP) is 2.66. The molecule has 0 aromatic heterocycles. The highest BCUT2D eigenvalue weighted by atomic mass is 32.2. The monoisotopic (exact) mass is 470 g/mol. The molecule has 2 heterocycles. The van der Waals surface area contributed by atoms with Crippen LogP contribution in [0.3, 0.4) is 0 Å². The van der Waals surface area contributed by atoms with Crippen molar-refractivity contribution in [2.45, 2.75) is 47.7 Å². The molecule has 2 aromatic rings. The first kappa shape index (κ1) is 22.4. The van der Waals surface area contributed by atoms with E-state index in [0.717, 1.165) is 43.7 Å². The second kappa shape index (κ2) is 8.11. The average molecular weight is 471 g/mol. The van der Waals surface area contributed by atoms with Crippen molar-refractivity contribution in [2.24, 2.45) is 0 Å². The number of nitrogens with zero attached hydrogens (tertiary/aromatic N) is 1. The first-order valence-electron chi connectivity index (χ1n) is 11.5. The van der Waals surface area contributed by atoms with Crippen LogP contribution in [0.1, 0.15) is 36.8 Å². The number of nitrogens with one attached hydrogen (secondary N) is 1. The standard InChI is InChI=1S/C25H30N2O5S/c1-18-2-7-22-21(16-18)25(23(29)26-22)10-12-27(13-11-25)14-15-32-19-3-5-20(6-4-19)33(30,31)24(17-28)8-9-24/h2-7,16,28H,8-15,17H2,1H3,(H,26,29). The zero-order valence-corrected chi connectivity index (χ0v) is 19.7. The lowest BCUT2D eigenvalue weighted by atomic mass is 9.73. The molecule has 5 rings (SSSR count). The number of rotatable bonds is 7. The Morgan fingerprint density at radius 2 is 1.76 bits per heavy atom. The van der Waals surface area contributed by atoms with Crippen molar-refractivity contribution in [3.05, 3.63) is 53.6 Å². The van der Waals surface area contributed by atoms with Gasteiger partial charge in [0.15, 0.2) is 9.84 Å². The Labute approximate surface area is 194 Å². The van der Waals surface area contributed by atoms with Crippen LogP contribution in [0.4, 0.5) is 5.69 Å². The summed E-state index contributed by atoms with van der Waals surface area (Å²) in [5, 5.41) is 12.5. The van der Waals surface area contributed by atoms with Gasteiger partial charge in [0.05, 0.1) is 21.7 Å². The van der Waals surface area contributed by atoms with E-state index in [4.69, 9.17) is 4.74 Å². The van der Waals surface area contributed by atoms with Crippen molar-refractivity contribution in [2.75, 3.05) is 38.2 Å². The number of hydrogen-bond acceptors (Lipinski definition) is 6. The fourth-order valence-corrected chi connectivity index (χ4v) is 6.89. The zero-order chi connectivity index (χ0) is 23.3. The molecule has 1 saturated heterocycles. The number of hydrogen-bond donors (Lipinski definition) is 2. The molecule has 8 heteroatoms. The molecule has 2 aromatic carbocycles. The van der Waals surface area contributed by atoms with Gasteiger partial charge in [-0.3, -0.25) is 9.69 Å². The molecule has 0 atom stereocenters. The number of benzene rings is 2. The van der Waals surface area contributed by atoms with Crippen molar-refractivity contribution in [1.29, 1.82) is 0 Å². The summed E-state index contributed by atoms with van der Waals surface area (Å²) in [5.74, 6) is 0.735. The Bertz CT molecular complexity index is 1160. The third-order valence-electron chi connectivity index (χ3n) is 7.56. The number of sulfone groups is 1. The fraction of sp³-hybridized carbons (Fsp3) is 0.480. The lowest BCUT2D eigenvalue weighted by Gasteiger charge is -2.38. The van der Waals surface area contributed by atoms with Crippen LogP contribution in [0, 0.1) is 6.92 Å². The average Bonchev–Trinajstić information content (AvgIpc) is 3.59. The molecular formula is C25H30N2O5S. The van der Waals surface area contributed by atoms with Crippen LogP contribution in [-0.4, -0.2) is 61.9 Å². The number of anilines is 1. The Balaban J connectivity index is 1.15. The lowest BCUT2D eigenvalue weighted by Crippen LogP contribution is -2.47. The maximum atomic E-state index is 12.8. The van der Waals surface area contributed by atoms with Crippen molar-refractivity contribution >= 4 is 21.4 Å². The van der Waals surface area contributed by atoms with Gasteiger partial charge in [0.1, 0.15) is 12.4 Å². The van der Waals surface area contributed by atoms with Gasteiger partial charge in [-0.2, -0.15) is 0 Å². The van der Waals surface area contributed by atoms with Gasteiger partial charge in [-0.25, -0.2) is 8.42 Å². The summed E-state index contributed by atoms with van der Waals surface area (Å²) in [6, 6.07) is 12.6. The van der Waals surface area contributed by atoms with Gasteiger partial charge in [-0.1, -0.05) is 17.7 Å². The van der Waals surface area contributed by atoms with Crippen LogP contribution in [0.5, 0.6) is 5.75 Å². The highest BCUT2D eigenvalue weighted by molar-refractivity contribution is 7.93. The van der Waals surface area contributed by atoms with E-state index in [1.165, 1.54) is 5.56 Å². The van der Waals surface area contributed by atoms with E-state index in [-0.39, 0.29) is 17.4 Å². The topological polar surface area (TPSA) is 95.9 Å². The van der Waals surface area contributed by atoms with E-state index in [2.05, 4.69) is 23.2 Å². The Kier molecular flexibility index (Phi) is 5.50. The van der Waals surface area contributed by atoms with Crippen LogP contribution in [0.2, 0.25) is 0 Å². The van der Waals surface area contributed by atoms with Crippen LogP contribution >= 0.6 is 0 Å². The number of carbonyl (C=O) groups is 1. The maximum Gasteiger partial charge on any atom is 0.235 e. The van der Waals surface area contributed by atoms with Gasteiger partial charge in [0, 0.05) is 12.2 Å². The maximum absolute atomic E-state index is 12.8. The van der Waals surface area contributed by atoms with Crippen LogP contribution < -0.4 is 10.1 Å². The third-order valence-corrected chi connectivity index (χ3v) is 10.1. The molecule has 1 saturated carbocycles. The molecule has 2 N–H and O–H groups in total. The third kappa shape index (κ3) is 3.74. The second-order valence-electron chi connectivity index (χ2n) is 9.59. The smallest absolute Gasteiger partial charge is 0.235 e. The molecule has 2 fully saturated rings. The number of aryl methyl sites for hydroxylation is 1. The SMILES string of the molecule is Cc1ccc2c(c1)C1(CCN(CCOc3ccc(S(=O)(=O)C4(CO)CC4)cc3)CC1)C(=O)N2. The van der Waals surface area contributed by atoms with Crippen molar-refractivity contribution in [1.82, 2.24) is 4.90 Å². The van der Waals surface area contributed by atoms with E-state index in [0.29, 0.717) is 25.2 Å². The second-order valence-corrected chi connectivity index (χ2v) is 11.9. The molecule has 2 aliphatic heterocycles. The summed E-state index contributed by atoms with van der Waals surface area (Å²) in [5.41, 5.74) is 2.82. The molecule has 7 nitrogen and oxygen atoms in total. The van der Waals surface area contributed by atoms with Gasteiger partial charge in [0.2, 0.25) is 5.91 Å². The molecule has 1 aliphatic carbocycles. The number of aliphatic hydroxyl groups is 1. The van der Waals surface area contributed by atoms with Crippen LogP contribution in [-0.2, 0) is 20.0 Å². The summed E-state index contributed by atoms with van der Waals surface area (Å²) >= 11 is 0. The molecule has 1 spiro atoms. The molecule has 0 unspecified atom stereocenters. The number of ether oxygens (including phenoxy) is 1. The summed E-state index contributed by atoms with van der Waals surface area (Å²) in [7, 11) is -3.52.